The molecule has 1 aromatic carbocycles. The first-order valence-electron chi connectivity index (χ1n) is 3.57. The molecule has 0 aliphatic rings. The van der Waals surface area contributed by atoms with E-state index in [-0.39, 0.29) is 5.78 Å². The molecule has 0 aromatic heterocycles. The predicted molar refractivity (Wildman–Crippen MR) is 51.5 cm³/mol. The first-order chi connectivity index (χ1) is 5.63. The molecule has 12 heavy (non-hydrogen) atoms. The second-order valence-electron chi connectivity index (χ2n) is 2.53. The van der Waals surface area contributed by atoms with Crippen molar-refractivity contribution in [2.45, 2.75) is 6.92 Å². The highest BCUT2D eigenvalue weighted by Crippen LogP contribution is 2.16. The Morgan fingerprint density at radius 2 is 2.17 bits per heavy atom. The lowest BCUT2D eigenvalue weighted by atomic mass is 10.1. The van der Waals surface area contributed by atoms with Crippen molar-refractivity contribution in [2.75, 3.05) is 0 Å². The molecular weight excluding hydrogens is 172 g/mol. The third-order valence-electron chi connectivity index (χ3n) is 1.56. The zero-order valence-corrected chi connectivity index (χ0v) is 7.56. The van der Waals surface area contributed by atoms with Gasteiger partial charge in [0.25, 0.3) is 0 Å². The van der Waals surface area contributed by atoms with Gasteiger partial charge in [-0.1, -0.05) is 24.3 Å². The van der Waals surface area contributed by atoms with Gasteiger partial charge in [-0.05, 0) is 30.7 Å². The smallest absolute Gasteiger partial charge is 0.159 e. The van der Waals surface area contributed by atoms with Crippen LogP contribution in [0.1, 0.15) is 22.8 Å². The van der Waals surface area contributed by atoms with Gasteiger partial charge in [0.15, 0.2) is 5.78 Å². The van der Waals surface area contributed by atoms with Gasteiger partial charge in [-0.15, -0.1) is 0 Å². The van der Waals surface area contributed by atoms with Crippen molar-refractivity contribution in [2.24, 2.45) is 0 Å². The fraction of sp³-hybridized carbons (Fsp3) is 0.100. The molecule has 0 amide bonds. The van der Waals surface area contributed by atoms with E-state index in [2.05, 4.69) is 6.58 Å². The number of ketones is 1. The van der Waals surface area contributed by atoms with Crippen LogP contribution in [0.3, 0.4) is 0 Å². The molecule has 0 saturated carbocycles. The maximum absolute atomic E-state index is 11.0. The summed E-state index contributed by atoms with van der Waals surface area (Å²) in [6.45, 7) is 5.11. The minimum absolute atomic E-state index is 0.0144. The Balaban J connectivity index is 3.23. The van der Waals surface area contributed by atoms with Crippen molar-refractivity contribution in [1.82, 2.24) is 0 Å². The number of hydrogen-bond donors (Lipinski definition) is 0. The summed E-state index contributed by atoms with van der Waals surface area (Å²) < 4.78 is 0. The Morgan fingerprint density at radius 3 is 2.67 bits per heavy atom. The van der Waals surface area contributed by atoms with Crippen molar-refractivity contribution in [3.8, 4) is 0 Å². The lowest BCUT2D eigenvalue weighted by Gasteiger charge is -1.99. The highest BCUT2D eigenvalue weighted by Gasteiger charge is 2.01. The van der Waals surface area contributed by atoms with E-state index in [1.54, 1.807) is 24.3 Å². The topological polar surface area (TPSA) is 17.1 Å². The van der Waals surface area contributed by atoms with Crippen LogP contribution < -0.4 is 0 Å². The molecule has 0 aliphatic heterocycles. The monoisotopic (exact) mass is 180 g/mol. The lowest BCUT2D eigenvalue weighted by molar-refractivity contribution is 0.101. The van der Waals surface area contributed by atoms with Crippen LogP contribution in [-0.2, 0) is 0 Å². The summed E-state index contributed by atoms with van der Waals surface area (Å²) in [6.07, 6.45) is 1.66. The van der Waals surface area contributed by atoms with E-state index >= 15 is 0 Å². The summed E-state index contributed by atoms with van der Waals surface area (Å²) in [7, 11) is 0. The molecule has 0 bridgehead atoms. The summed E-state index contributed by atoms with van der Waals surface area (Å²) in [4.78, 5) is 11.0. The molecular formula is C10H9ClO. The zero-order chi connectivity index (χ0) is 9.14. The maximum atomic E-state index is 11.0. The SMILES string of the molecule is C=Cc1cc(Cl)cc(C(C)=O)c1. The molecule has 0 saturated heterocycles. The van der Waals surface area contributed by atoms with Crippen molar-refractivity contribution < 1.29 is 4.79 Å². The standard InChI is InChI=1S/C10H9ClO/c1-3-8-4-9(7(2)12)6-10(11)5-8/h3-6H,1H2,2H3. The second-order valence-corrected chi connectivity index (χ2v) is 2.97. The van der Waals surface area contributed by atoms with E-state index in [1.165, 1.54) is 6.92 Å². The Kier molecular flexibility index (Phi) is 2.66. The fourth-order valence-corrected chi connectivity index (χ4v) is 1.18. The average Bonchev–Trinajstić information content (AvgIpc) is 2.03. The first-order valence-corrected chi connectivity index (χ1v) is 3.95. The Labute approximate surface area is 76.7 Å². The summed E-state index contributed by atoms with van der Waals surface area (Å²) >= 11 is 5.77. The molecule has 0 spiro atoms. The number of halogens is 1. The van der Waals surface area contributed by atoms with Crippen LogP contribution in [0.15, 0.2) is 24.8 Å². The first kappa shape index (κ1) is 9.01. The third-order valence-corrected chi connectivity index (χ3v) is 1.78. The van der Waals surface area contributed by atoms with Gasteiger partial charge in [-0.25, -0.2) is 0 Å². The Morgan fingerprint density at radius 1 is 1.50 bits per heavy atom. The third kappa shape index (κ3) is 1.95. The van der Waals surface area contributed by atoms with Gasteiger partial charge in [-0.3, -0.25) is 4.79 Å². The maximum Gasteiger partial charge on any atom is 0.159 e. The van der Waals surface area contributed by atoms with E-state index in [0.717, 1.165) is 5.56 Å². The minimum atomic E-state index is 0.0144. The van der Waals surface area contributed by atoms with E-state index in [1.807, 2.05) is 0 Å². The molecule has 0 atom stereocenters. The van der Waals surface area contributed by atoms with Crippen LogP contribution in [0.5, 0.6) is 0 Å². The quantitative estimate of drug-likeness (QED) is 0.639. The molecule has 0 aliphatic carbocycles. The number of hydrogen-bond acceptors (Lipinski definition) is 1. The fourth-order valence-electron chi connectivity index (χ4n) is 0.933. The van der Waals surface area contributed by atoms with Gasteiger partial charge in [0.1, 0.15) is 0 Å². The largest absolute Gasteiger partial charge is 0.295 e. The summed E-state index contributed by atoms with van der Waals surface area (Å²) in [5, 5.41) is 0.567. The van der Waals surface area contributed by atoms with Crippen LogP contribution in [0, 0.1) is 0 Å². The van der Waals surface area contributed by atoms with E-state index < -0.39 is 0 Å². The number of benzene rings is 1. The normalized spacial score (nSPS) is 9.50. The van der Waals surface area contributed by atoms with Crippen molar-refractivity contribution >= 4 is 23.5 Å². The van der Waals surface area contributed by atoms with Crippen LogP contribution in [0.4, 0.5) is 0 Å². The Bertz CT molecular complexity index is 329. The van der Waals surface area contributed by atoms with Crippen molar-refractivity contribution in [1.29, 1.82) is 0 Å². The molecule has 0 fully saturated rings. The molecule has 2 heteroatoms. The van der Waals surface area contributed by atoms with Gasteiger partial charge >= 0.3 is 0 Å². The van der Waals surface area contributed by atoms with Crippen molar-refractivity contribution in [3.63, 3.8) is 0 Å². The number of carbonyl (C=O) groups is 1. The summed E-state index contributed by atoms with van der Waals surface area (Å²) in [6, 6.07) is 5.18. The van der Waals surface area contributed by atoms with Gasteiger partial charge < -0.3 is 0 Å². The Hall–Kier alpha value is -1.08. The van der Waals surface area contributed by atoms with Crippen LogP contribution in [-0.4, -0.2) is 5.78 Å². The van der Waals surface area contributed by atoms with Crippen LogP contribution >= 0.6 is 11.6 Å². The molecule has 0 heterocycles. The van der Waals surface area contributed by atoms with Gasteiger partial charge in [-0.2, -0.15) is 0 Å². The zero-order valence-electron chi connectivity index (χ0n) is 6.80. The molecule has 0 N–H and O–H groups in total. The number of carbonyl (C=O) groups excluding carboxylic acids is 1. The molecule has 1 nitrogen and oxygen atoms in total. The molecule has 0 unspecified atom stereocenters. The van der Waals surface area contributed by atoms with Crippen LogP contribution in [0.2, 0.25) is 5.02 Å². The number of rotatable bonds is 2. The van der Waals surface area contributed by atoms with Crippen LogP contribution in [0.25, 0.3) is 6.08 Å². The van der Waals surface area contributed by atoms with Gasteiger partial charge in [0, 0.05) is 10.6 Å². The summed E-state index contributed by atoms with van der Waals surface area (Å²) in [5.74, 6) is 0.0144. The molecule has 62 valence electrons. The highest BCUT2D eigenvalue weighted by atomic mass is 35.5. The van der Waals surface area contributed by atoms with E-state index in [0.29, 0.717) is 10.6 Å². The molecule has 1 rings (SSSR count). The molecule has 1 aromatic rings. The van der Waals surface area contributed by atoms with E-state index in [4.69, 9.17) is 11.6 Å². The summed E-state index contributed by atoms with van der Waals surface area (Å²) in [5.41, 5.74) is 1.49. The second kappa shape index (κ2) is 3.55. The lowest BCUT2D eigenvalue weighted by Crippen LogP contribution is -1.91. The van der Waals surface area contributed by atoms with E-state index in [9.17, 15) is 4.79 Å². The number of Topliss-reactive ketones (excluding diaryl/α,β-unsaturated/α-hetero) is 1. The van der Waals surface area contributed by atoms with Crippen molar-refractivity contribution in [3.05, 3.63) is 40.9 Å². The highest BCUT2D eigenvalue weighted by molar-refractivity contribution is 6.31. The average molecular weight is 181 g/mol. The van der Waals surface area contributed by atoms with Gasteiger partial charge in [0.2, 0.25) is 0 Å². The minimum Gasteiger partial charge on any atom is -0.295 e. The predicted octanol–water partition coefficient (Wildman–Crippen LogP) is 3.19. The molecule has 0 radical (unpaired) electrons. The van der Waals surface area contributed by atoms with Gasteiger partial charge in [0.05, 0.1) is 0 Å².